The van der Waals surface area contributed by atoms with Crippen LogP contribution in [0.15, 0.2) is 55.8 Å². The first kappa shape index (κ1) is 21.3. The molecule has 0 aliphatic carbocycles. The molecule has 0 saturated heterocycles. The second-order valence-corrected chi connectivity index (χ2v) is 9.50. The van der Waals surface area contributed by atoms with Crippen LogP contribution in [0, 0.1) is 6.92 Å². The highest BCUT2D eigenvalue weighted by molar-refractivity contribution is 8.00. The number of aromatic nitrogens is 3. The Morgan fingerprint density at radius 2 is 1.97 bits per heavy atom. The van der Waals surface area contributed by atoms with Gasteiger partial charge in [0, 0.05) is 11.5 Å². The van der Waals surface area contributed by atoms with Crippen LogP contribution in [0.2, 0.25) is 0 Å². The summed E-state index contributed by atoms with van der Waals surface area (Å²) in [6.45, 7) is 5.95. The second kappa shape index (κ2) is 9.49. The van der Waals surface area contributed by atoms with Gasteiger partial charge in [-0.05, 0) is 19.1 Å². The van der Waals surface area contributed by atoms with Crippen LogP contribution < -0.4 is 5.32 Å². The van der Waals surface area contributed by atoms with Crippen LogP contribution in [0.5, 0.6) is 0 Å². The van der Waals surface area contributed by atoms with E-state index < -0.39 is 0 Å². The summed E-state index contributed by atoms with van der Waals surface area (Å²) in [5.74, 6) is 3.46. The lowest BCUT2D eigenvalue weighted by Crippen LogP contribution is -2.14. The lowest BCUT2D eigenvalue weighted by molar-refractivity contribution is -0.115. The van der Waals surface area contributed by atoms with Gasteiger partial charge in [0.15, 0.2) is 5.13 Å². The van der Waals surface area contributed by atoms with Gasteiger partial charge in [-0.1, -0.05) is 43.4 Å². The summed E-state index contributed by atoms with van der Waals surface area (Å²) in [4.78, 5) is 25.5. The molecule has 1 amide bonds. The molecule has 0 atom stereocenters. The predicted octanol–water partition coefficient (Wildman–Crippen LogP) is 5.69. The Labute approximate surface area is 188 Å². The highest BCUT2D eigenvalue weighted by Crippen LogP contribution is 2.31. The number of oxazole rings is 2. The average molecular weight is 455 g/mol. The van der Waals surface area contributed by atoms with Crippen LogP contribution in [0.4, 0.5) is 5.13 Å². The molecule has 0 saturated carbocycles. The largest absolute Gasteiger partial charge is 0.445 e. The van der Waals surface area contributed by atoms with Gasteiger partial charge in [-0.15, -0.1) is 11.8 Å². The third kappa shape index (κ3) is 5.42. The number of nitrogens with one attached hydrogen (secondary N) is 1. The van der Waals surface area contributed by atoms with Crippen molar-refractivity contribution in [3.05, 3.63) is 65.8 Å². The third-order valence-corrected chi connectivity index (χ3v) is 6.54. The normalized spacial score (nSPS) is 11.2. The predicted molar refractivity (Wildman–Crippen MR) is 121 cm³/mol. The van der Waals surface area contributed by atoms with Crippen molar-refractivity contribution in [2.75, 3.05) is 5.32 Å². The van der Waals surface area contributed by atoms with Crippen LogP contribution >= 0.6 is 23.1 Å². The fourth-order valence-electron chi connectivity index (χ4n) is 2.79. The Bertz CT molecular complexity index is 1160. The minimum atomic E-state index is -0.184. The van der Waals surface area contributed by atoms with Gasteiger partial charge in [-0.2, -0.15) is 0 Å². The van der Waals surface area contributed by atoms with Gasteiger partial charge in [0.2, 0.25) is 17.7 Å². The fraction of sp³-hybridized carbons (Fsp3) is 0.273. The molecule has 4 aromatic rings. The molecular weight excluding hydrogens is 432 g/mol. The molecule has 3 aromatic heterocycles. The first-order chi connectivity index (χ1) is 15.0. The Hall–Kier alpha value is -2.91. The van der Waals surface area contributed by atoms with E-state index in [0.29, 0.717) is 40.0 Å². The average Bonchev–Trinajstić information content (AvgIpc) is 3.48. The zero-order valence-corrected chi connectivity index (χ0v) is 19.0. The topological polar surface area (TPSA) is 94.1 Å². The highest BCUT2D eigenvalue weighted by Gasteiger charge is 2.16. The van der Waals surface area contributed by atoms with E-state index in [1.807, 2.05) is 37.3 Å². The zero-order chi connectivity index (χ0) is 21.8. The number of thioether (sulfide) groups is 1. The molecule has 7 nitrogen and oxygen atoms in total. The minimum Gasteiger partial charge on any atom is -0.445 e. The second-order valence-electron chi connectivity index (χ2n) is 7.20. The van der Waals surface area contributed by atoms with E-state index in [1.165, 1.54) is 11.3 Å². The van der Waals surface area contributed by atoms with Gasteiger partial charge in [-0.25, -0.2) is 15.0 Å². The number of amides is 1. The van der Waals surface area contributed by atoms with Gasteiger partial charge < -0.3 is 14.2 Å². The van der Waals surface area contributed by atoms with E-state index in [0.717, 1.165) is 15.5 Å². The molecule has 0 aliphatic rings. The van der Waals surface area contributed by atoms with Crippen molar-refractivity contribution < 1.29 is 13.6 Å². The molecule has 4 rings (SSSR count). The number of thiazole rings is 1. The molecule has 9 heteroatoms. The van der Waals surface area contributed by atoms with Crippen LogP contribution in [-0.4, -0.2) is 20.9 Å². The maximum atomic E-state index is 12.5. The Morgan fingerprint density at radius 1 is 1.16 bits per heavy atom. The Balaban J connectivity index is 1.32. The first-order valence-corrected chi connectivity index (χ1v) is 11.6. The number of hydrogen-bond donors (Lipinski definition) is 1. The van der Waals surface area contributed by atoms with E-state index in [4.69, 9.17) is 8.83 Å². The molecular formula is C22H22N4O3S2. The molecule has 1 N–H and O–H groups in total. The van der Waals surface area contributed by atoms with E-state index in [1.54, 1.807) is 24.2 Å². The summed E-state index contributed by atoms with van der Waals surface area (Å²) >= 11 is 2.99. The fourth-order valence-corrected chi connectivity index (χ4v) is 4.53. The quantitative estimate of drug-likeness (QED) is 0.342. The van der Waals surface area contributed by atoms with Crippen molar-refractivity contribution in [1.29, 1.82) is 0 Å². The van der Waals surface area contributed by atoms with E-state index in [-0.39, 0.29) is 12.3 Å². The maximum Gasteiger partial charge on any atom is 0.232 e. The lowest BCUT2D eigenvalue weighted by Gasteiger charge is -1.99. The molecule has 0 fully saturated rings. The molecule has 160 valence electrons. The number of benzene rings is 1. The molecule has 0 spiro atoms. The molecule has 31 heavy (non-hydrogen) atoms. The van der Waals surface area contributed by atoms with Crippen molar-refractivity contribution in [3.8, 4) is 11.5 Å². The summed E-state index contributed by atoms with van der Waals surface area (Å²) in [6.07, 6.45) is 3.64. The van der Waals surface area contributed by atoms with Crippen molar-refractivity contribution in [2.24, 2.45) is 0 Å². The summed E-state index contributed by atoms with van der Waals surface area (Å²) in [7, 11) is 0. The maximum absolute atomic E-state index is 12.5. The molecule has 0 unspecified atom stereocenters. The minimum absolute atomic E-state index is 0.124. The number of nitrogens with zero attached hydrogens (tertiary/aromatic N) is 3. The molecule has 1 aromatic carbocycles. The standard InChI is InChI=1S/C22H22N4O3S2/c1-13(2)17-10-23-19(29-17)12-30-20-11-24-22(31-20)26-18(27)9-16-14(3)28-21(25-16)15-7-5-4-6-8-15/h4-8,10-11,13H,9,12H2,1-3H3,(H,24,26,27). The first-order valence-electron chi connectivity index (χ1n) is 9.82. The Morgan fingerprint density at radius 3 is 2.71 bits per heavy atom. The van der Waals surface area contributed by atoms with Gasteiger partial charge in [-0.3, -0.25) is 4.79 Å². The number of aryl methyl sites for hydroxylation is 1. The van der Waals surface area contributed by atoms with Gasteiger partial charge in [0.1, 0.15) is 11.5 Å². The van der Waals surface area contributed by atoms with Crippen LogP contribution in [0.25, 0.3) is 11.5 Å². The lowest BCUT2D eigenvalue weighted by atomic mass is 10.2. The van der Waals surface area contributed by atoms with E-state index in [2.05, 4.69) is 34.1 Å². The van der Waals surface area contributed by atoms with Crippen molar-refractivity contribution in [3.63, 3.8) is 0 Å². The SMILES string of the molecule is Cc1oc(-c2ccccc2)nc1CC(=O)Nc1ncc(SCc2ncc(C(C)C)o2)s1. The summed E-state index contributed by atoms with van der Waals surface area (Å²) in [5, 5.41) is 3.39. The number of carbonyl (C=O) groups is 1. The smallest absolute Gasteiger partial charge is 0.232 e. The Kier molecular flexibility index (Phi) is 6.53. The van der Waals surface area contributed by atoms with Crippen molar-refractivity contribution in [1.82, 2.24) is 15.0 Å². The number of hydrogen-bond acceptors (Lipinski definition) is 8. The third-order valence-electron chi connectivity index (χ3n) is 4.45. The van der Waals surface area contributed by atoms with Crippen molar-refractivity contribution in [2.45, 2.75) is 43.1 Å². The monoisotopic (exact) mass is 454 g/mol. The van der Waals surface area contributed by atoms with Gasteiger partial charge in [0.25, 0.3) is 0 Å². The van der Waals surface area contributed by atoms with Crippen LogP contribution in [0.3, 0.4) is 0 Å². The van der Waals surface area contributed by atoms with E-state index >= 15 is 0 Å². The van der Waals surface area contributed by atoms with E-state index in [9.17, 15) is 4.79 Å². The molecule has 0 aliphatic heterocycles. The number of carbonyl (C=O) groups excluding carboxylic acids is 1. The molecule has 3 heterocycles. The van der Waals surface area contributed by atoms with Gasteiger partial charge >= 0.3 is 0 Å². The zero-order valence-electron chi connectivity index (χ0n) is 17.4. The molecule has 0 bridgehead atoms. The highest BCUT2D eigenvalue weighted by atomic mass is 32.2. The summed E-state index contributed by atoms with van der Waals surface area (Å²) in [5.41, 5.74) is 1.50. The molecule has 0 radical (unpaired) electrons. The van der Waals surface area contributed by atoms with Crippen LogP contribution in [-0.2, 0) is 17.0 Å². The van der Waals surface area contributed by atoms with Crippen LogP contribution in [0.1, 0.15) is 42.9 Å². The summed E-state index contributed by atoms with van der Waals surface area (Å²) in [6, 6.07) is 9.62. The summed E-state index contributed by atoms with van der Waals surface area (Å²) < 4.78 is 12.4. The number of rotatable bonds is 8. The van der Waals surface area contributed by atoms with Crippen molar-refractivity contribution >= 4 is 34.1 Å². The van der Waals surface area contributed by atoms with Gasteiger partial charge in [0.05, 0.1) is 34.5 Å². The number of anilines is 1.